The fourth-order valence-electron chi connectivity index (χ4n) is 2.84. The first kappa shape index (κ1) is 12.3. The summed E-state index contributed by atoms with van der Waals surface area (Å²) in [5.41, 5.74) is 0.958. The molecule has 0 aromatic heterocycles. The van der Waals surface area contributed by atoms with Gasteiger partial charge < -0.3 is 5.11 Å². The van der Waals surface area contributed by atoms with Gasteiger partial charge in [0.05, 0.1) is 24.4 Å². The molecule has 100 valence electrons. The van der Waals surface area contributed by atoms with Gasteiger partial charge in [-0.15, -0.1) is 0 Å². The Morgan fingerprint density at radius 3 is 2.37 bits per heavy atom. The van der Waals surface area contributed by atoms with Gasteiger partial charge in [0.25, 0.3) is 11.8 Å². The van der Waals surface area contributed by atoms with Gasteiger partial charge in [-0.25, -0.2) is 0 Å². The van der Waals surface area contributed by atoms with Gasteiger partial charge in [0.15, 0.2) is 0 Å². The van der Waals surface area contributed by atoms with Crippen molar-refractivity contribution in [1.29, 1.82) is 0 Å². The van der Waals surface area contributed by atoms with Crippen molar-refractivity contribution in [1.82, 2.24) is 9.80 Å². The van der Waals surface area contributed by atoms with Crippen LogP contribution in [0.25, 0.3) is 0 Å². The summed E-state index contributed by atoms with van der Waals surface area (Å²) in [6.45, 7) is 1.17. The Balaban J connectivity index is 1.81. The number of hydrogen-bond donors (Lipinski definition) is 1. The number of aliphatic hydroxyl groups excluding tert-OH is 1. The van der Waals surface area contributed by atoms with Crippen molar-refractivity contribution in [2.45, 2.75) is 18.9 Å². The molecule has 1 saturated heterocycles. The summed E-state index contributed by atoms with van der Waals surface area (Å²) in [7, 11) is 0. The molecular formula is C14H16N2O3. The fraction of sp³-hybridized carbons (Fsp3) is 0.429. The second kappa shape index (κ2) is 4.75. The Bertz CT molecular complexity index is 494. The number of nitrogens with zero attached hydrogens (tertiary/aromatic N) is 2. The Hall–Kier alpha value is -1.72. The van der Waals surface area contributed by atoms with Crippen molar-refractivity contribution in [2.75, 3.05) is 19.8 Å². The van der Waals surface area contributed by atoms with Gasteiger partial charge in [-0.3, -0.25) is 19.4 Å². The van der Waals surface area contributed by atoms with E-state index in [4.69, 9.17) is 0 Å². The number of carbonyl (C=O) groups excluding carboxylic acids is 2. The summed E-state index contributed by atoms with van der Waals surface area (Å²) in [5, 5.41) is 9.29. The molecule has 0 aliphatic carbocycles. The van der Waals surface area contributed by atoms with E-state index in [1.165, 1.54) is 4.90 Å². The smallest absolute Gasteiger partial charge is 0.262 e. The number of aliphatic hydroxyl groups is 1. The third kappa shape index (κ3) is 1.95. The third-order valence-electron chi connectivity index (χ3n) is 3.91. The summed E-state index contributed by atoms with van der Waals surface area (Å²) < 4.78 is 0. The van der Waals surface area contributed by atoms with Crippen LogP contribution < -0.4 is 0 Å². The lowest BCUT2D eigenvalue weighted by Gasteiger charge is -2.26. The van der Waals surface area contributed by atoms with Crippen LogP contribution in [0.2, 0.25) is 0 Å². The molecule has 2 aliphatic rings. The first-order valence-electron chi connectivity index (χ1n) is 6.52. The number of rotatable bonds is 3. The van der Waals surface area contributed by atoms with Crippen LogP contribution in [0.1, 0.15) is 33.6 Å². The van der Waals surface area contributed by atoms with E-state index in [0.717, 1.165) is 19.4 Å². The van der Waals surface area contributed by atoms with E-state index in [0.29, 0.717) is 11.1 Å². The van der Waals surface area contributed by atoms with E-state index in [1.807, 2.05) is 4.90 Å². The van der Waals surface area contributed by atoms with Crippen LogP contribution in [0.15, 0.2) is 24.3 Å². The number of hydrogen-bond acceptors (Lipinski definition) is 4. The molecule has 1 N–H and O–H groups in total. The Kier molecular flexibility index (Phi) is 3.08. The highest BCUT2D eigenvalue weighted by molar-refractivity contribution is 6.21. The number of fused-ring (bicyclic) bond motifs is 1. The van der Waals surface area contributed by atoms with E-state index in [9.17, 15) is 14.7 Å². The molecule has 3 rings (SSSR count). The van der Waals surface area contributed by atoms with Crippen LogP contribution in [-0.2, 0) is 0 Å². The van der Waals surface area contributed by atoms with Crippen LogP contribution in [0.4, 0.5) is 0 Å². The lowest BCUT2D eigenvalue weighted by Crippen LogP contribution is -2.44. The average molecular weight is 260 g/mol. The molecular weight excluding hydrogens is 244 g/mol. The second-order valence-electron chi connectivity index (χ2n) is 5.02. The van der Waals surface area contributed by atoms with Crippen molar-refractivity contribution >= 4 is 11.8 Å². The number of amides is 2. The van der Waals surface area contributed by atoms with Crippen molar-refractivity contribution in [2.24, 2.45) is 0 Å². The highest BCUT2D eigenvalue weighted by atomic mass is 16.3. The molecule has 2 amide bonds. The predicted octanol–water partition coefficient (Wildman–Crippen LogP) is 0.697. The summed E-state index contributed by atoms with van der Waals surface area (Å²) in [5.74, 6) is -0.464. The molecule has 0 bridgehead atoms. The zero-order chi connectivity index (χ0) is 13.4. The van der Waals surface area contributed by atoms with Gasteiger partial charge in [0.1, 0.15) is 0 Å². The normalized spacial score (nSPS) is 23.2. The standard InChI is InChI=1S/C14H16N2O3/c17-8-10-4-3-7-15(10)9-16-13(18)11-5-1-2-6-12(11)14(16)19/h1-2,5-6,10,17H,3-4,7-9H2. The Morgan fingerprint density at radius 2 is 1.79 bits per heavy atom. The van der Waals surface area contributed by atoms with Crippen LogP contribution in [0.5, 0.6) is 0 Å². The maximum absolute atomic E-state index is 12.2. The maximum atomic E-state index is 12.2. The number of imide groups is 1. The molecule has 0 spiro atoms. The Morgan fingerprint density at radius 1 is 1.16 bits per heavy atom. The Labute approximate surface area is 111 Å². The molecule has 2 aliphatic heterocycles. The first-order valence-corrected chi connectivity index (χ1v) is 6.52. The number of carbonyl (C=O) groups is 2. The molecule has 5 heteroatoms. The van der Waals surface area contributed by atoms with Gasteiger partial charge in [0, 0.05) is 12.6 Å². The molecule has 1 aromatic carbocycles. The molecule has 1 aromatic rings. The van der Waals surface area contributed by atoms with Crippen molar-refractivity contribution in [3.05, 3.63) is 35.4 Å². The number of likely N-dealkylation sites (tertiary alicyclic amines) is 1. The summed E-state index contributed by atoms with van der Waals surface area (Å²) in [4.78, 5) is 27.7. The average Bonchev–Trinajstić information content (AvgIpc) is 2.98. The van der Waals surface area contributed by atoms with Gasteiger partial charge in [-0.2, -0.15) is 0 Å². The lowest BCUT2D eigenvalue weighted by molar-refractivity contribution is 0.0486. The molecule has 19 heavy (non-hydrogen) atoms. The molecule has 2 heterocycles. The van der Waals surface area contributed by atoms with Crippen molar-refractivity contribution in [3.63, 3.8) is 0 Å². The summed E-state index contributed by atoms with van der Waals surface area (Å²) >= 11 is 0. The van der Waals surface area contributed by atoms with Gasteiger partial charge >= 0.3 is 0 Å². The molecule has 1 unspecified atom stereocenters. The van der Waals surface area contributed by atoms with Crippen LogP contribution >= 0.6 is 0 Å². The summed E-state index contributed by atoms with van der Waals surface area (Å²) in [6, 6.07) is 6.95. The molecule has 1 fully saturated rings. The fourth-order valence-corrected chi connectivity index (χ4v) is 2.84. The van der Waals surface area contributed by atoms with Crippen LogP contribution in [0, 0.1) is 0 Å². The SMILES string of the molecule is O=C1c2ccccc2C(=O)N1CN1CCCC1CO. The lowest BCUT2D eigenvalue weighted by atomic mass is 10.1. The van der Waals surface area contributed by atoms with Gasteiger partial charge in [-0.1, -0.05) is 12.1 Å². The van der Waals surface area contributed by atoms with E-state index in [-0.39, 0.29) is 31.1 Å². The molecule has 0 saturated carbocycles. The minimum Gasteiger partial charge on any atom is -0.395 e. The topological polar surface area (TPSA) is 60.9 Å². The van der Waals surface area contributed by atoms with Crippen LogP contribution in [-0.4, -0.2) is 52.6 Å². The van der Waals surface area contributed by atoms with E-state index < -0.39 is 0 Å². The largest absolute Gasteiger partial charge is 0.395 e. The van der Waals surface area contributed by atoms with Gasteiger partial charge in [-0.05, 0) is 25.0 Å². The minimum atomic E-state index is -0.232. The van der Waals surface area contributed by atoms with E-state index in [2.05, 4.69) is 0 Å². The molecule has 1 atom stereocenters. The number of benzene rings is 1. The quantitative estimate of drug-likeness (QED) is 0.813. The monoisotopic (exact) mass is 260 g/mol. The maximum Gasteiger partial charge on any atom is 0.262 e. The third-order valence-corrected chi connectivity index (χ3v) is 3.91. The highest BCUT2D eigenvalue weighted by Crippen LogP contribution is 2.25. The second-order valence-corrected chi connectivity index (χ2v) is 5.02. The predicted molar refractivity (Wildman–Crippen MR) is 68.6 cm³/mol. The zero-order valence-corrected chi connectivity index (χ0v) is 10.6. The highest BCUT2D eigenvalue weighted by Gasteiger charge is 2.37. The van der Waals surface area contributed by atoms with Crippen molar-refractivity contribution in [3.8, 4) is 0 Å². The zero-order valence-electron chi connectivity index (χ0n) is 10.6. The van der Waals surface area contributed by atoms with E-state index in [1.54, 1.807) is 24.3 Å². The minimum absolute atomic E-state index is 0.0595. The molecule has 5 nitrogen and oxygen atoms in total. The first-order chi connectivity index (χ1) is 9.22. The van der Waals surface area contributed by atoms with Crippen LogP contribution in [0.3, 0.4) is 0 Å². The molecule has 0 radical (unpaired) electrons. The van der Waals surface area contributed by atoms with E-state index >= 15 is 0 Å². The van der Waals surface area contributed by atoms with Crippen molar-refractivity contribution < 1.29 is 14.7 Å². The summed E-state index contributed by atoms with van der Waals surface area (Å²) in [6.07, 6.45) is 1.91. The van der Waals surface area contributed by atoms with Gasteiger partial charge in [0.2, 0.25) is 0 Å².